The number of hydrogen-bond donors (Lipinski definition) is 2. The molecule has 0 aliphatic carbocycles. The van der Waals surface area contributed by atoms with E-state index in [1.807, 2.05) is 0 Å². The van der Waals surface area contributed by atoms with Crippen molar-refractivity contribution < 1.29 is 18.3 Å². The molecule has 1 rings (SSSR count). The van der Waals surface area contributed by atoms with Crippen LogP contribution in [0.2, 0.25) is 5.02 Å². The molecule has 3 N–H and O–H groups in total. The SMILES string of the molecule is N[C@@H](c1cc(F)cc(Cl)c1)C(F)(F)CO. The second-order valence-electron chi connectivity index (χ2n) is 3.10. The van der Waals surface area contributed by atoms with E-state index in [-0.39, 0.29) is 10.6 Å². The van der Waals surface area contributed by atoms with Crippen LogP contribution in [0.25, 0.3) is 0 Å². The fourth-order valence-electron chi connectivity index (χ4n) is 1.10. The van der Waals surface area contributed by atoms with Crippen LogP contribution < -0.4 is 5.73 Å². The molecule has 0 aromatic heterocycles. The zero-order chi connectivity index (χ0) is 11.6. The molecule has 0 bridgehead atoms. The number of rotatable bonds is 3. The summed E-state index contributed by atoms with van der Waals surface area (Å²) in [7, 11) is 0. The van der Waals surface area contributed by atoms with Gasteiger partial charge >= 0.3 is 0 Å². The van der Waals surface area contributed by atoms with Crippen LogP contribution in [0.4, 0.5) is 13.2 Å². The van der Waals surface area contributed by atoms with E-state index < -0.39 is 24.4 Å². The van der Waals surface area contributed by atoms with Crippen LogP contribution in [-0.4, -0.2) is 17.6 Å². The van der Waals surface area contributed by atoms with Crippen molar-refractivity contribution in [3.05, 3.63) is 34.6 Å². The number of aliphatic hydroxyl groups excluding tert-OH is 1. The Morgan fingerprint density at radius 3 is 2.47 bits per heavy atom. The van der Waals surface area contributed by atoms with Crippen molar-refractivity contribution in [2.75, 3.05) is 6.61 Å². The zero-order valence-corrected chi connectivity index (χ0v) is 8.31. The Kier molecular flexibility index (Phi) is 3.59. The third-order valence-corrected chi connectivity index (χ3v) is 2.13. The lowest BCUT2D eigenvalue weighted by Crippen LogP contribution is -2.36. The van der Waals surface area contributed by atoms with Crippen molar-refractivity contribution >= 4 is 11.6 Å². The highest BCUT2D eigenvalue weighted by Crippen LogP contribution is 2.30. The highest BCUT2D eigenvalue weighted by Gasteiger charge is 2.37. The third kappa shape index (κ3) is 2.84. The Morgan fingerprint density at radius 1 is 1.40 bits per heavy atom. The van der Waals surface area contributed by atoms with Crippen molar-refractivity contribution in [2.45, 2.75) is 12.0 Å². The van der Waals surface area contributed by atoms with Gasteiger partial charge in [0.2, 0.25) is 0 Å². The number of aliphatic hydroxyl groups is 1. The van der Waals surface area contributed by atoms with Crippen LogP contribution in [0.1, 0.15) is 11.6 Å². The maximum atomic E-state index is 13.0. The van der Waals surface area contributed by atoms with Crippen molar-refractivity contribution in [3.63, 3.8) is 0 Å². The van der Waals surface area contributed by atoms with E-state index in [1.165, 1.54) is 0 Å². The quantitative estimate of drug-likeness (QED) is 0.849. The van der Waals surface area contributed by atoms with Gasteiger partial charge in [-0.2, -0.15) is 0 Å². The monoisotopic (exact) mass is 239 g/mol. The molecular weight excluding hydrogens is 231 g/mol. The molecule has 0 fully saturated rings. The Labute approximate surface area is 89.5 Å². The smallest absolute Gasteiger partial charge is 0.289 e. The van der Waals surface area contributed by atoms with Crippen LogP contribution >= 0.6 is 11.6 Å². The minimum atomic E-state index is -3.50. The van der Waals surface area contributed by atoms with E-state index in [4.69, 9.17) is 22.4 Å². The van der Waals surface area contributed by atoms with E-state index >= 15 is 0 Å². The van der Waals surface area contributed by atoms with Crippen LogP contribution in [0.3, 0.4) is 0 Å². The van der Waals surface area contributed by atoms with Gasteiger partial charge in [-0.25, -0.2) is 13.2 Å². The summed E-state index contributed by atoms with van der Waals surface area (Å²) in [4.78, 5) is 0. The zero-order valence-electron chi connectivity index (χ0n) is 7.55. The maximum absolute atomic E-state index is 13.0. The van der Waals surface area contributed by atoms with Gasteiger partial charge in [0.25, 0.3) is 5.92 Å². The summed E-state index contributed by atoms with van der Waals surface area (Å²) in [5, 5.41) is 8.39. The van der Waals surface area contributed by atoms with E-state index in [0.717, 1.165) is 18.2 Å². The fraction of sp³-hybridized carbons (Fsp3) is 0.333. The second-order valence-corrected chi connectivity index (χ2v) is 3.54. The lowest BCUT2D eigenvalue weighted by atomic mass is 10.0. The summed E-state index contributed by atoms with van der Waals surface area (Å²) in [6, 6.07) is 1.20. The minimum Gasteiger partial charge on any atom is -0.390 e. The molecular formula is C9H9ClF3NO. The average Bonchev–Trinajstić information content (AvgIpc) is 2.15. The normalized spacial score (nSPS) is 14.0. The molecule has 15 heavy (non-hydrogen) atoms. The summed E-state index contributed by atoms with van der Waals surface area (Å²) in [6.45, 7) is -1.40. The molecule has 6 heteroatoms. The summed E-state index contributed by atoms with van der Waals surface area (Å²) >= 11 is 5.48. The summed E-state index contributed by atoms with van der Waals surface area (Å²) < 4.78 is 38.7. The predicted octanol–water partition coefficient (Wildman–Crippen LogP) is 2.11. The third-order valence-electron chi connectivity index (χ3n) is 1.91. The van der Waals surface area contributed by atoms with Gasteiger partial charge in [0.05, 0.1) is 6.04 Å². The van der Waals surface area contributed by atoms with E-state index in [9.17, 15) is 13.2 Å². The predicted molar refractivity (Wildman–Crippen MR) is 50.4 cm³/mol. The molecule has 0 aliphatic rings. The van der Waals surface area contributed by atoms with Gasteiger partial charge in [0.1, 0.15) is 12.4 Å². The summed E-state index contributed by atoms with van der Waals surface area (Å²) in [5.74, 6) is -4.25. The van der Waals surface area contributed by atoms with E-state index in [0.29, 0.717) is 0 Å². The lowest BCUT2D eigenvalue weighted by molar-refractivity contribution is -0.0712. The van der Waals surface area contributed by atoms with Gasteiger partial charge in [-0.15, -0.1) is 0 Å². The molecule has 84 valence electrons. The van der Waals surface area contributed by atoms with Crippen LogP contribution in [0.5, 0.6) is 0 Å². The van der Waals surface area contributed by atoms with Gasteiger partial charge in [0.15, 0.2) is 0 Å². The van der Waals surface area contributed by atoms with Crippen molar-refractivity contribution in [2.24, 2.45) is 5.73 Å². The van der Waals surface area contributed by atoms with Crippen LogP contribution in [0, 0.1) is 5.82 Å². The topological polar surface area (TPSA) is 46.2 Å². The molecule has 0 aliphatic heterocycles. The lowest BCUT2D eigenvalue weighted by Gasteiger charge is -2.21. The molecule has 0 heterocycles. The van der Waals surface area contributed by atoms with Gasteiger partial charge in [-0.1, -0.05) is 11.6 Å². The van der Waals surface area contributed by atoms with Gasteiger partial charge < -0.3 is 10.8 Å². The Morgan fingerprint density at radius 2 is 2.00 bits per heavy atom. The molecule has 0 saturated carbocycles. The number of benzene rings is 1. The van der Waals surface area contributed by atoms with Gasteiger partial charge in [0, 0.05) is 5.02 Å². The largest absolute Gasteiger partial charge is 0.390 e. The average molecular weight is 240 g/mol. The van der Waals surface area contributed by atoms with Crippen LogP contribution in [-0.2, 0) is 0 Å². The second kappa shape index (κ2) is 4.38. The Hall–Kier alpha value is -0.780. The first-order valence-corrected chi connectivity index (χ1v) is 4.45. The van der Waals surface area contributed by atoms with Gasteiger partial charge in [-0.05, 0) is 23.8 Å². The Balaban J connectivity index is 3.06. The highest BCUT2D eigenvalue weighted by atomic mass is 35.5. The number of alkyl halides is 2. The molecule has 0 spiro atoms. The fourth-order valence-corrected chi connectivity index (χ4v) is 1.33. The molecule has 0 amide bonds. The van der Waals surface area contributed by atoms with Gasteiger partial charge in [-0.3, -0.25) is 0 Å². The molecule has 1 aromatic rings. The minimum absolute atomic E-state index is 0.0193. The molecule has 2 nitrogen and oxygen atoms in total. The van der Waals surface area contributed by atoms with E-state index in [2.05, 4.69) is 0 Å². The van der Waals surface area contributed by atoms with Crippen LogP contribution in [0.15, 0.2) is 18.2 Å². The summed E-state index contributed by atoms with van der Waals surface area (Å²) in [6.07, 6.45) is 0. The molecule has 1 atom stereocenters. The highest BCUT2D eigenvalue weighted by molar-refractivity contribution is 6.30. The molecule has 0 saturated heterocycles. The first-order chi connectivity index (χ1) is 6.86. The van der Waals surface area contributed by atoms with E-state index in [1.54, 1.807) is 0 Å². The molecule has 0 unspecified atom stereocenters. The number of halogens is 4. The summed E-state index contributed by atoms with van der Waals surface area (Å²) in [5.41, 5.74) is 5.03. The number of nitrogens with two attached hydrogens (primary N) is 1. The first kappa shape index (κ1) is 12.3. The van der Waals surface area contributed by atoms with Crippen molar-refractivity contribution in [3.8, 4) is 0 Å². The van der Waals surface area contributed by atoms with Crippen molar-refractivity contribution in [1.82, 2.24) is 0 Å². The molecule has 1 aromatic carbocycles. The Bertz CT molecular complexity index is 339. The molecule has 0 radical (unpaired) electrons. The standard InChI is InChI=1S/C9H9ClF3NO/c10-6-1-5(2-7(11)3-6)8(14)9(12,13)4-15/h1-3,8,15H,4,14H2/t8-/m0/s1. The maximum Gasteiger partial charge on any atom is 0.289 e. The van der Waals surface area contributed by atoms with Crippen molar-refractivity contribution in [1.29, 1.82) is 0 Å². The number of hydrogen-bond acceptors (Lipinski definition) is 2. The first-order valence-electron chi connectivity index (χ1n) is 4.07.